The quantitative estimate of drug-likeness (QED) is 0.431. The van der Waals surface area contributed by atoms with Crippen molar-refractivity contribution in [3.8, 4) is 17.0 Å². The Labute approximate surface area is 156 Å². The minimum absolute atomic E-state index is 0.0678. The van der Waals surface area contributed by atoms with Crippen LogP contribution >= 0.6 is 0 Å². The zero-order valence-corrected chi connectivity index (χ0v) is 14.5. The number of hydrogen-bond acceptors (Lipinski definition) is 5. The zero-order chi connectivity index (χ0) is 18.8. The molecule has 0 radical (unpaired) electrons. The number of nitro groups is 1. The van der Waals surface area contributed by atoms with Crippen LogP contribution in [0.1, 0.15) is 16.7 Å². The molecule has 0 aliphatic heterocycles. The first-order valence-electron chi connectivity index (χ1n) is 8.57. The van der Waals surface area contributed by atoms with Crippen LogP contribution in [-0.2, 0) is 0 Å². The van der Waals surface area contributed by atoms with Gasteiger partial charge in [-0.2, -0.15) is 0 Å². The Kier molecular flexibility index (Phi) is 4.40. The molecule has 0 saturated heterocycles. The maximum atomic E-state index is 11.3. The SMILES string of the molecule is NCCOc1ncccc1C=C1c2ccccc2-c2ccc([N+](=O)[O-])cc21. The fourth-order valence-corrected chi connectivity index (χ4v) is 3.30. The van der Waals surface area contributed by atoms with Crippen LogP contribution < -0.4 is 10.5 Å². The minimum Gasteiger partial charge on any atom is -0.476 e. The van der Waals surface area contributed by atoms with Gasteiger partial charge in [-0.15, -0.1) is 0 Å². The summed E-state index contributed by atoms with van der Waals surface area (Å²) >= 11 is 0. The Morgan fingerprint density at radius 2 is 1.81 bits per heavy atom. The molecule has 0 bridgehead atoms. The number of aromatic nitrogens is 1. The van der Waals surface area contributed by atoms with Gasteiger partial charge < -0.3 is 10.5 Å². The van der Waals surface area contributed by atoms with Gasteiger partial charge in [-0.05, 0) is 52.1 Å². The average Bonchev–Trinajstić information content (AvgIpc) is 3.00. The fraction of sp³-hybridized carbons (Fsp3) is 0.0952. The predicted molar refractivity (Wildman–Crippen MR) is 104 cm³/mol. The van der Waals surface area contributed by atoms with Crippen LogP contribution in [0.5, 0.6) is 5.88 Å². The molecule has 4 rings (SSSR count). The maximum Gasteiger partial charge on any atom is 0.270 e. The lowest BCUT2D eigenvalue weighted by atomic mass is 10.0. The monoisotopic (exact) mass is 359 g/mol. The van der Waals surface area contributed by atoms with Crippen LogP contribution in [0.3, 0.4) is 0 Å². The van der Waals surface area contributed by atoms with Gasteiger partial charge in [0.15, 0.2) is 0 Å². The first-order valence-corrected chi connectivity index (χ1v) is 8.57. The highest BCUT2D eigenvalue weighted by atomic mass is 16.6. The molecule has 1 aliphatic carbocycles. The molecule has 134 valence electrons. The highest BCUT2D eigenvalue weighted by Gasteiger charge is 2.25. The largest absolute Gasteiger partial charge is 0.476 e. The third kappa shape index (κ3) is 3.07. The molecular formula is C21H17N3O3. The zero-order valence-electron chi connectivity index (χ0n) is 14.5. The number of non-ortho nitro benzene ring substituents is 1. The summed E-state index contributed by atoms with van der Waals surface area (Å²) in [6.07, 6.45) is 3.63. The second kappa shape index (κ2) is 7.01. The van der Waals surface area contributed by atoms with E-state index < -0.39 is 0 Å². The van der Waals surface area contributed by atoms with E-state index in [0.29, 0.717) is 19.0 Å². The van der Waals surface area contributed by atoms with Gasteiger partial charge in [0.2, 0.25) is 5.88 Å². The van der Waals surface area contributed by atoms with Gasteiger partial charge in [0.1, 0.15) is 6.61 Å². The lowest BCUT2D eigenvalue weighted by Crippen LogP contribution is -2.11. The Morgan fingerprint density at radius 1 is 1.04 bits per heavy atom. The number of nitrogens with two attached hydrogens (primary N) is 1. The van der Waals surface area contributed by atoms with Gasteiger partial charge in [-0.3, -0.25) is 10.1 Å². The van der Waals surface area contributed by atoms with E-state index in [9.17, 15) is 10.1 Å². The van der Waals surface area contributed by atoms with Crippen molar-refractivity contribution in [2.24, 2.45) is 5.73 Å². The van der Waals surface area contributed by atoms with Crippen LogP contribution in [0.4, 0.5) is 5.69 Å². The number of nitrogens with zero attached hydrogens (tertiary/aromatic N) is 2. The molecule has 0 saturated carbocycles. The Balaban J connectivity index is 1.90. The molecule has 3 aromatic rings. The van der Waals surface area contributed by atoms with Gasteiger partial charge in [0, 0.05) is 30.4 Å². The third-order valence-electron chi connectivity index (χ3n) is 4.47. The predicted octanol–water partition coefficient (Wildman–Crippen LogP) is 3.90. The summed E-state index contributed by atoms with van der Waals surface area (Å²) in [5.41, 5.74) is 11.2. The van der Waals surface area contributed by atoms with E-state index in [0.717, 1.165) is 33.4 Å². The summed E-state index contributed by atoms with van der Waals surface area (Å²) in [6.45, 7) is 0.760. The number of nitro benzene ring substituents is 1. The second-order valence-corrected chi connectivity index (χ2v) is 6.13. The second-order valence-electron chi connectivity index (χ2n) is 6.13. The van der Waals surface area contributed by atoms with Crippen molar-refractivity contribution in [3.63, 3.8) is 0 Å². The summed E-state index contributed by atoms with van der Waals surface area (Å²) in [5.74, 6) is 0.492. The topological polar surface area (TPSA) is 91.3 Å². The number of fused-ring (bicyclic) bond motifs is 3. The molecule has 0 fully saturated rings. The molecule has 2 aromatic carbocycles. The lowest BCUT2D eigenvalue weighted by Gasteiger charge is -2.08. The number of rotatable bonds is 5. The van der Waals surface area contributed by atoms with Crippen LogP contribution in [0.15, 0.2) is 60.8 Å². The number of benzene rings is 2. The molecule has 0 unspecified atom stereocenters. The average molecular weight is 359 g/mol. The van der Waals surface area contributed by atoms with Crippen LogP contribution in [-0.4, -0.2) is 23.1 Å². The Bertz CT molecular complexity index is 1060. The van der Waals surface area contributed by atoms with E-state index in [1.807, 2.05) is 48.5 Å². The van der Waals surface area contributed by atoms with E-state index in [2.05, 4.69) is 4.98 Å². The highest BCUT2D eigenvalue weighted by Crippen LogP contribution is 2.46. The summed E-state index contributed by atoms with van der Waals surface area (Å²) in [6, 6.07) is 16.7. The molecule has 1 aliphatic rings. The van der Waals surface area contributed by atoms with Crippen LogP contribution in [0, 0.1) is 10.1 Å². The number of hydrogen-bond donors (Lipinski definition) is 1. The van der Waals surface area contributed by atoms with E-state index in [-0.39, 0.29) is 10.6 Å². The number of pyridine rings is 1. The minimum atomic E-state index is -0.374. The van der Waals surface area contributed by atoms with Crippen molar-refractivity contribution in [3.05, 3.63) is 87.6 Å². The summed E-state index contributed by atoms with van der Waals surface area (Å²) < 4.78 is 5.65. The van der Waals surface area contributed by atoms with Crippen molar-refractivity contribution in [2.75, 3.05) is 13.2 Å². The van der Waals surface area contributed by atoms with E-state index in [1.54, 1.807) is 18.3 Å². The molecule has 0 spiro atoms. The molecule has 6 nitrogen and oxygen atoms in total. The van der Waals surface area contributed by atoms with Gasteiger partial charge in [-0.1, -0.05) is 24.3 Å². The first-order chi connectivity index (χ1) is 13.2. The van der Waals surface area contributed by atoms with Crippen LogP contribution in [0.2, 0.25) is 0 Å². The van der Waals surface area contributed by atoms with Gasteiger partial charge in [0.25, 0.3) is 5.69 Å². The highest BCUT2D eigenvalue weighted by molar-refractivity contribution is 6.07. The number of ether oxygens (including phenoxy) is 1. The lowest BCUT2D eigenvalue weighted by molar-refractivity contribution is -0.384. The summed E-state index contributed by atoms with van der Waals surface area (Å²) in [7, 11) is 0. The normalized spacial score (nSPS) is 13.3. The summed E-state index contributed by atoms with van der Waals surface area (Å²) in [4.78, 5) is 15.2. The molecule has 0 amide bonds. The molecule has 6 heteroatoms. The Hall–Kier alpha value is -3.51. The molecule has 27 heavy (non-hydrogen) atoms. The fourth-order valence-electron chi connectivity index (χ4n) is 3.30. The molecular weight excluding hydrogens is 342 g/mol. The molecule has 1 heterocycles. The van der Waals surface area contributed by atoms with Crippen molar-refractivity contribution >= 4 is 17.3 Å². The van der Waals surface area contributed by atoms with Crippen molar-refractivity contribution in [2.45, 2.75) is 0 Å². The first kappa shape index (κ1) is 16.9. The molecule has 1 aromatic heterocycles. The van der Waals surface area contributed by atoms with Crippen molar-refractivity contribution in [1.82, 2.24) is 4.98 Å². The summed E-state index contributed by atoms with van der Waals surface area (Å²) in [5, 5.41) is 11.3. The van der Waals surface area contributed by atoms with Crippen molar-refractivity contribution in [1.29, 1.82) is 0 Å². The Morgan fingerprint density at radius 3 is 2.59 bits per heavy atom. The van der Waals surface area contributed by atoms with E-state index >= 15 is 0 Å². The van der Waals surface area contributed by atoms with Gasteiger partial charge in [0.05, 0.1) is 4.92 Å². The smallest absolute Gasteiger partial charge is 0.270 e. The standard InChI is InChI=1S/C21H17N3O3/c22-9-11-27-21-14(4-3-10-23-21)12-19-17-6-2-1-5-16(17)18-8-7-15(24(25)26)13-20(18)19/h1-8,10,12-13H,9,11,22H2. The van der Waals surface area contributed by atoms with Gasteiger partial charge >= 0.3 is 0 Å². The van der Waals surface area contributed by atoms with E-state index in [4.69, 9.17) is 10.5 Å². The van der Waals surface area contributed by atoms with Crippen LogP contribution in [0.25, 0.3) is 22.8 Å². The third-order valence-corrected chi connectivity index (χ3v) is 4.47. The maximum absolute atomic E-state index is 11.3. The van der Waals surface area contributed by atoms with Crippen molar-refractivity contribution < 1.29 is 9.66 Å². The molecule has 2 N–H and O–H groups in total. The van der Waals surface area contributed by atoms with Gasteiger partial charge in [-0.25, -0.2) is 4.98 Å². The molecule has 0 atom stereocenters. The van der Waals surface area contributed by atoms with E-state index in [1.165, 1.54) is 0 Å².